The fourth-order valence-corrected chi connectivity index (χ4v) is 1.07. The summed E-state index contributed by atoms with van der Waals surface area (Å²) >= 11 is 0. The van der Waals surface area contributed by atoms with Gasteiger partial charge < -0.3 is 5.32 Å². The van der Waals surface area contributed by atoms with E-state index in [1.54, 1.807) is 5.32 Å². The van der Waals surface area contributed by atoms with Gasteiger partial charge in [0.05, 0.1) is 0 Å². The van der Waals surface area contributed by atoms with Crippen LogP contribution in [0.15, 0.2) is 18.2 Å². The van der Waals surface area contributed by atoms with Gasteiger partial charge in [0.25, 0.3) is 5.91 Å². The van der Waals surface area contributed by atoms with Gasteiger partial charge in [0.2, 0.25) is 0 Å². The van der Waals surface area contributed by atoms with Crippen LogP contribution in [-0.2, 0) is 0 Å². The average molecular weight is 235 g/mol. The van der Waals surface area contributed by atoms with Crippen molar-refractivity contribution >= 4 is 5.91 Å². The molecule has 88 valence electrons. The predicted octanol–water partition coefficient (Wildman–Crippen LogP) is 2.43. The smallest absolute Gasteiger partial charge is 0.343 e. The molecule has 0 unspecified atom stereocenters. The Hall–Kier alpha value is -1.59. The number of alkyl halides is 3. The van der Waals surface area contributed by atoms with Crippen molar-refractivity contribution in [3.63, 3.8) is 0 Å². The largest absolute Gasteiger partial charge is 0.405 e. The zero-order valence-electron chi connectivity index (χ0n) is 8.36. The molecule has 2 nitrogen and oxygen atoms in total. The molecule has 0 aliphatic heterocycles. The van der Waals surface area contributed by atoms with Gasteiger partial charge >= 0.3 is 6.18 Å². The number of rotatable bonds is 2. The molecule has 1 aromatic rings. The molecule has 0 saturated heterocycles. The van der Waals surface area contributed by atoms with Gasteiger partial charge in [-0.15, -0.1) is 0 Å². The van der Waals surface area contributed by atoms with Gasteiger partial charge in [-0.2, -0.15) is 13.2 Å². The third-order valence-electron chi connectivity index (χ3n) is 1.87. The zero-order valence-corrected chi connectivity index (χ0v) is 8.36. The lowest BCUT2D eigenvalue weighted by Crippen LogP contribution is -2.33. The van der Waals surface area contributed by atoms with E-state index in [4.69, 9.17) is 0 Å². The molecule has 0 aliphatic carbocycles. The van der Waals surface area contributed by atoms with Crippen molar-refractivity contribution < 1.29 is 22.4 Å². The van der Waals surface area contributed by atoms with E-state index in [0.717, 1.165) is 12.1 Å². The molecule has 0 bridgehead atoms. The number of hydrogen-bond acceptors (Lipinski definition) is 1. The van der Waals surface area contributed by atoms with Gasteiger partial charge in [-0.05, 0) is 30.7 Å². The Balaban J connectivity index is 2.70. The molecule has 0 fully saturated rings. The second kappa shape index (κ2) is 4.51. The van der Waals surface area contributed by atoms with Crippen molar-refractivity contribution in [2.24, 2.45) is 0 Å². The van der Waals surface area contributed by atoms with Crippen LogP contribution < -0.4 is 5.32 Å². The lowest BCUT2D eigenvalue weighted by molar-refractivity contribution is -0.123. The molecule has 0 radical (unpaired) electrons. The van der Waals surface area contributed by atoms with Crippen LogP contribution in [0, 0.1) is 12.7 Å². The predicted molar refractivity (Wildman–Crippen MR) is 49.5 cm³/mol. The topological polar surface area (TPSA) is 29.1 Å². The lowest BCUT2D eigenvalue weighted by atomic mass is 10.1. The maximum absolute atomic E-state index is 12.8. The van der Waals surface area contributed by atoms with Crippen LogP contribution in [0.4, 0.5) is 17.6 Å². The van der Waals surface area contributed by atoms with Gasteiger partial charge in [0, 0.05) is 5.56 Å². The number of halogens is 4. The monoisotopic (exact) mass is 235 g/mol. The standard InChI is InChI=1S/C10H9F4NO/c1-6-4-7(2-3-8(6)11)9(16)15-5-10(12,13)14/h2-4H,5H2,1H3,(H,15,16). The molecule has 0 aromatic heterocycles. The summed E-state index contributed by atoms with van der Waals surface area (Å²) < 4.78 is 48.2. The highest BCUT2D eigenvalue weighted by molar-refractivity contribution is 5.94. The van der Waals surface area contributed by atoms with Gasteiger partial charge in [0.15, 0.2) is 0 Å². The molecule has 6 heteroatoms. The molecule has 0 aliphatic rings. The fourth-order valence-electron chi connectivity index (χ4n) is 1.07. The van der Waals surface area contributed by atoms with Crippen molar-refractivity contribution in [3.05, 3.63) is 35.1 Å². The van der Waals surface area contributed by atoms with Gasteiger partial charge in [0.1, 0.15) is 12.4 Å². The minimum atomic E-state index is -4.45. The Kier molecular flexibility index (Phi) is 3.51. The van der Waals surface area contributed by atoms with E-state index in [0.29, 0.717) is 0 Å². The molecular formula is C10H9F4NO. The summed E-state index contributed by atoms with van der Waals surface area (Å²) in [5.41, 5.74) is 0.211. The zero-order chi connectivity index (χ0) is 12.3. The van der Waals surface area contributed by atoms with E-state index in [2.05, 4.69) is 0 Å². The minimum Gasteiger partial charge on any atom is -0.343 e. The molecule has 0 spiro atoms. The highest BCUT2D eigenvalue weighted by atomic mass is 19.4. The molecule has 16 heavy (non-hydrogen) atoms. The Morgan fingerprint density at radius 3 is 2.50 bits per heavy atom. The summed E-state index contributed by atoms with van der Waals surface area (Å²) in [6, 6.07) is 3.37. The first kappa shape index (κ1) is 12.5. The molecular weight excluding hydrogens is 226 g/mol. The normalized spacial score (nSPS) is 11.3. The van der Waals surface area contributed by atoms with Crippen LogP contribution in [-0.4, -0.2) is 18.6 Å². The Labute approximate surface area is 89.3 Å². The van der Waals surface area contributed by atoms with Crippen molar-refractivity contribution in [1.82, 2.24) is 5.32 Å². The Morgan fingerprint density at radius 1 is 1.38 bits per heavy atom. The summed E-state index contributed by atoms with van der Waals surface area (Å²) in [5.74, 6) is -1.38. The summed E-state index contributed by atoms with van der Waals surface area (Å²) in [6.45, 7) is 0.0259. The van der Waals surface area contributed by atoms with Crippen LogP contribution >= 0.6 is 0 Å². The third-order valence-corrected chi connectivity index (χ3v) is 1.87. The molecule has 0 saturated carbocycles. The van der Waals surface area contributed by atoms with E-state index in [1.165, 1.54) is 13.0 Å². The highest BCUT2D eigenvalue weighted by Gasteiger charge is 2.27. The molecule has 0 atom stereocenters. The van der Waals surface area contributed by atoms with Crippen molar-refractivity contribution in [2.75, 3.05) is 6.54 Å². The number of hydrogen-bond donors (Lipinski definition) is 1. The SMILES string of the molecule is Cc1cc(C(=O)NCC(F)(F)F)ccc1F. The fraction of sp³-hybridized carbons (Fsp3) is 0.300. The van der Waals surface area contributed by atoms with Crippen LogP contribution in [0.2, 0.25) is 0 Å². The van der Waals surface area contributed by atoms with E-state index in [-0.39, 0.29) is 11.1 Å². The van der Waals surface area contributed by atoms with E-state index in [9.17, 15) is 22.4 Å². The minimum absolute atomic E-state index is 0.00292. The maximum atomic E-state index is 12.8. The second-order valence-electron chi connectivity index (χ2n) is 3.26. The van der Waals surface area contributed by atoms with E-state index < -0.39 is 24.4 Å². The Morgan fingerprint density at radius 2 is 2.00 bits per heavy atom. The summed E-state index contributed by atoms with van der Waals surface area (Å²) in [5, 5.41) is 1.70. The first-order valence-electron chi connectivity index (χ1n) is 4.41. The lowest BCUT2D eigenvalue weighted by Gasteiger charge is -2.08. The van der Waals surface area contributed by atoms with Crippen LogP contribution in [0.5, 0.6) is 0 Å². The van der Waals surface area contributed by atoms with Crippen molar-refractivity contribution in [2.45, 2.75) is 13.1 Å². The summed E-state index contributed by atoms with van der Waals surface area (Å²) in [7, 11) is 0. The second-order valence-corrected chi connectivity index (χ2v) is 3.26. The average Bonchev–Trinajstić information content (AvgIpc) is 2.17. The number of benzene rings is 1. The first-order chi connectivity index (χ1) is 7.29. The first-order valence-corrected chi connectivity index (χ1v) is 4.41. The highest BCUT2D eigenvalue weighted by Crippen LogP contribution is 2.13. The molecule has 1 N–H and O–H groups in total. The van der Waals surface area contributed by atoms with Crippen molar-refractivity contribution in [1.29, 1.82) is 0 Å². The number of carbonyl (C=O) groups excluding carboxylic acids is 1. The quantitative estimate of drug-likeness (QED) is 0.783. The third kappa shape index (κ3) is 3.52. The number of carbonyl (C=O) groups is 1. The maximum Gasteiger partial charge on any atom is 0.405 e. The molecule has 1 amide bonds. The van der Waals surface area contributed by atoms with Gasteiger partial charge in [-0.1, -0.05) is 0 Å². The number of amides is 1. The van der Waals surface area contributed by atoms with E-state index in [1.807, 2.05) is 0 Å². The summed E-state index contributed by atoms with van der Waals surface area (Å²) in [6.07, 6.45) is -4.45. The molecule has 1 aromatic carbocycles. The molecule has 1 rings (SSSR count). The molecule has 0 heterocycles. The number of aryl methyl sites for hydroxylation is 1. The number of nitrogens with one attached hydrogen (secondary N) is 1. The van der Waals surface area contributed by atoms with Gasteiger partial charge in [-0.3, -0.25) is 4.79 Å². The van der Waals surface area contributed by atoms with Gasteiger partial charge in [-0.25, -0.2) is 4.39 Å². The van der Waals surface area contributed by atoms with Crippen molar-refractivity contribution in [3.8, 4) is 0 Å². The van der Waals surface area contributed by atoms with Crippen LogP contribution in [0.1, 0.15) is 15.9 Å². The Bertz CT molecular complexity index is 400. The summed E-state index contributed by atoms with van der Waals surface area (Å²) in [4.78, 5) is 11.2. The van der Waals surface area contributed by atoms with E-state index >= 15 is 0 Å². The van der Waals surface area contributed by atoms with Crippen LogP contribution in [0.25, 0.3) is 0 Å². The van der Waals surface area contributed by atoms with Crippen LogP contribution in [0.3, 0.4) is 0 Å².